The minimum Gasteiger partial charge on any atom is -0.390 e. The molecule has 0 saturated carbocycles. The molecule has 0 saturated heterocycles. The van der Waals surface area contributed by atoms with Crippen LogP contribution in [0.4, 0.5) is 0 Å². The second-order valence-electron chi connectivity index (χ2n) is 3.17. The minimum absolute atomic E-state index is 0.00459. The van der Waals surface area contributed by atoms with Gasteiger partial charge >= 0.3 is 0 Å². The number of aliphatic hydroxyl groups is 1. The minimum atomic E-state index is 0.00459. The summed E-state index contributed by atoms with van der Waals surface area (Å²) in [6.45, 7) is 0.00459. The van der Waals surface area contributed by atoms with Crippen molar-refractivity contribution in [3.05, 3.63) is 24.3 Å². The van der Waals surface area contributed by atoms with Gasteiger partial charge < -0.3 is 14.2 Å². The number of imidazole rings is 2. The van der Waals surface area contributed by atoms with E-state index in [0.717, 1.165) is 16.0 Å². The molecule has 0 aliphatic rings. The smallest absolute Gasteiger partial charge is 0.175 e. The lowest BCUT2D eigenvalue weighted by Crippen LogP contribution is -1.98. The first-order valence-electron chi connectivity index (χ1n) is 4.49. The number of aliphatic hydroxyl groups excluding tert-OH is 1. The van der Waals surface area contributed by atoms with E-state index in [1.807, 2.05) is 29.4 Å². The summed E-state index contributed by atoms with van der Waals surface area (Å²) < 4.78 is 3.79. The normalized spacial score (nSPS) is 10.9. The van der Waals surface area contributed by atoms with Gasteiger partial charge in [-0.1, -0.05) is 0 Å². The Bertz CT molecular complexity index is 462. The number of aromatic nitrogens is 4. The van der Waals surface area contributed by atoms with Crippen molar-refractivity contribution in [1.82, 2.24) is 19.1 Å². The molecule has 0 atom stereocenters. The molecule has 2 aromatic rings. The molecule has 80 valence electrons. The topological polar surface area (TPSA) is 55.9 Å². The molecule has 1 N–H and O–H groups in total. The summed E-state index contributed by atoms with van der Waals surface area (Å²) in [5.74, 6) is 0. The van der Waals surface area contributed by atoms with Gasteiger partial charge in [-0.2, -0.15) is 0 Å². The predicted molar refractivity (Wildman–Crippen MR) is 56.5 cm³/mol. The largest absolute Gasteiger partial charge is 0.390 e. The van der Waals surface area contributed by atoms with E-state index in [-0.39, 0.29) is 6.61 Å². The van der Waals surface area contributed by atoms with Crippen molar-refractivity contribution in [2.24, 2.45) is 14.1 Å². The van der Waals surface area contributed by atoms with E-state index in [0.29, 0.717) is 0 Å². The van der Waals surface area contributed by atoms with E-state index in [1.165, 1.54) is 11.8 Å². The number of hydrogen-bond donors (Lipinski definition) is 1. The van der Waals surface area contributed by atoms with Gasteiger partial charge in [-0.25, -0.2) is 9.97 Å². The highest BCUT2D eigenvalue weighted by atomic mass is 32.2. The van der Waals surface area contributed by atoms with Gasteiger partial charge in [0.25, 0.3) is 0 Å². The fourth-order valence-electron chi connectivity index (χ4n) is 1.20. The summed E-state index contributed by atoms with van der Waals surface area (Å²) in [5.41, 5.74) is 0.798. The summed E-state index contributed by atoms with van der Waals surface area (Å²) in [5, 5.41) is 10.7. The van der Waals surface area contributed by atoms with E-state index in [1.54, 1.807) is 12.4 Å². The molecule has 0 radical (unpaired) electrons. The van der Waals surface area contributed by atoms with E-state index in [4.69, 9.17) is 5.11 Å². The molecule has 2 heterocycles. The van der Waals surface area contributed by atoms with Crippen LogP contribution < -0.4 is 0 Å². The maximum Gasteiger partial charge on any atom is 0.175 e. The Morgan fingerprint density at radius 3 is 2.67 bits per heavy atom. The maximum absolute atomic E-state index is 9.02. The first kappa shape index (κ1) is 10.3. The lowest BCUT2D eigenvalue weighted by molar-refractivity contribution is 0.271. The maximum atomic E-state index is 9.02. The summed E-state index contributed by atoms with van der Waals surface area (Å²) in [4.78, 5) is 8.41. The average Bonchev–Trinajstić information content (AvgIpc) is 2.77. The number of nitrogens with zero attached hydrogens (tertiary/aromatic N) is 4. The van der Waals surface area contributed by atoms with Crippen LogP contribution in [-0.2, 0) is 20.7 Å². The van der Waals surface area contributed by atoms with Crippen molar-refractivity contribution in [3.63, 3.8) is 0 Å². The molecule has 0 unspecified atom stereocenters. The number of hydrogen-bond acceptors (Lipinski definition) is 4. The van der Waals surface area contributed by atoms with Crippen LogP contribution in [0.3, 0.4) is 0 Å². The van der Waals surface area contributed by atoms with Crippen LogP contribution in [0.25, 0.3) is 0 Å². The van der Waals surface area contributed by atoms with Crippen molar-refractivity contribution in [2.45, 2.75) is 16.9 Å². The van der Waals surface area contributed by atoms with Crippen molar-refractivity contribution in [3.8, 4) is 0 Å². The summed E-state index contributed by atoms with van der Waals surface area (Å²) in [7, 11) is 3.81. The van der Waals surface area contributed by atoms with Gasteiger partial charge in [-0.3, -0.25) is 0 Å². The lowest BCUT2D eigenvalue weighted by atomic mass is 10.5. The Balaban J connectivity index is 2.25. The zero-order valence-electron chi connectivity index (χ0n) is 8.58. The van der Waals surface area contributed by atoms with Gasteiger partial charge in [0.15, 0.2) is 10.3 Å². The van der Waals surface area contributed by atoms with Crippen molar-refractivity contribution in [1.29, 1.82) is 0 Å². The monoisotopic (exact) mass is 224 g/mol. The molecule has 2 rings (SSSR count). The van der Waals surface area contributed by atoms with E-state index in [9.17, 15) is 0 Å². The van der Waals surface area contributed by atoms with Crippen molar-refractivity contribution >= 4 is 11.8 Å². The zero-order chi connectivity index (χ0) is 10.8. The Morgan fingerprint density at radius 1 is 1.33 bits per heavy atom. The van der Waals surface area contributed by atoms with Crippen LogP contribution in [0.5, 0.6) is 0 Å². The van der Waals surface area contributed by atoms with Crippen LogP contribution >= 0.6 is 11.8 Å². The molecule has 0 aromatic carbocycles. The van der Waals surface area contributed by atoms with Crippen LogP contribution in [0.2, 0.25) is 0 Å². The van der Waals surface area contributed by atoms with Crippen LogP contribution in [0.1, 0.15) is 5.69 Å². The fraction of sp³-hybridized carbons (Fsp3) is 0.333. The second kappa shape index (κ2) is 4.08. The molecule has 2 aromatic heterocycles. The van der Waals surface area contributed by atoms with Gasteiger partial charge in [0, 0.05) is 26.5 Å². The molecule has 15 heavy (non-hydrogen) atoms. The second-order valence-corrected chi connectivity index (χ2v) is 4.11. The molecular formula is C9H12N4OS. The average molecular weight is 224 g/mol. The van der Waals surface area contributed by atoms with Crippen molar-refractivity contribution in [2.75, 3.05) is 0 Å². The highest BCUT2D eigenvalue weighted by molar-refractivity contribution is 7.99. The van der Waals surface area contributed by atoms with E-state index < -0.39 is 0 Å². The molecule has 6 heteroatoms. The first-order valence-corrected chi connectivity index (χ1v) is 5.30. The Morgan fingerprint density at radius 2 is 2.13 bits per heavy atom. The third-order valence-corrected chi connectivity index (χ3v) is 3.30. The van der Waals surface area contributed by atoms with Crippen LogP contribution in [0, 0.1) is 0 Å². The van der Waals surface area contributed by atoms with Gasteiger partial charge in [-0.05, 0) is 11.8 Å². The molecule has 0 bridgehead atoms. The van der Waals surface area contributed by atoms with Gasteiger partial charge in [0.2, 0.25) is 0 Å². The van der Waals surface area contributed by atoms with Gasteiger partial charge in [0.05, 0.1) is 18.5 Å². The highest BCUT2D eigenvalue weighted by Gasteiger charge is 2.09. The van der Waals surface area contributed by atoms with E-state index >= 15 is 0 Å². The van der Waals surface area contributed by atoms with Gasteiger partial charge in [-0.15, -0.1) is 0 Å². The van der Waals surface area contributed by atoms with Crippen molar-refractivity contribution < 1.29 is 5.11 Å². The molecule has 5 nitrogen and oxygen atoms in total. The third kappa shape index (κ3) is 1.91. The lowest BCUT2D eigenvalue weighted by Gasteiger charge is -2.03. The number of aryl methyl sites for hydroxylation is 1. The molecule has 0 fully saturated rings. The highest BCUT2D eigenvalue weighted by Crippen LogP contribution is 2.24. The predicted octanol–water partition coefficient (Wildman–Crippen LogP) is 0.797. The summed E-state index contributed by atoms with van der Waals surface area (Å²) in [6.07, 6.45) is 5.31. The molecule has 0 amide bonds. The van der Waals surface area contributed by atoms with E-state index in [2.05, 4.69) is 9.97 Å². The number of rotatable bonds is 3. The molecule has 0 aliphatic carbocycles. The summed E-state index contributed by atoms with van der Waals surface area (Å²) in [6, 6.07) is 0. The Hall–Kier alpha value is -1.27. The van der Waals surface area contributed by atoms with Crippen LogP contribution in [0.15, 0.2) is 28.9 Å². The fourth-order valence-corrected chi connectivity index (χ4v) is 2.04. The molecule has 0 aliphatic heterocycles. The SMILES string of the molecule is Cn1ccnc1Sc1ncc(CO)n1C. The first-order chi connectivity index (χ1) is 7.22. The Labute approximate surface area is 91.8 Å². The third-order valence-electron chi connectivity index (χ3n) is 2.16. The van der Waals surface area contributed by atoms with Crippen LogP contribution in [-0.4, -0.2) is 24.2 Å². The zero-order valence-corrected chi connectivity index (χ0v) is 9.40. The Kier molecular flexibility index (Phi) is 2.79. The quantitative estimate of drug-likeness (QED) is 0.837. The molecule has 0 spiro atoms. The standard InChI is InChI=1S/C9H12N4OS/c1-12-4-3-10-8(12)15-9-11-5-7(6-14)13(9)2/h3-5,14H,6H2,1-2H3. The summed E-state index contributed by atoms with van der Waals surface area (Å²) >= 11 is 1.48. The molecular weight excluding hydrogens is 212 g/mol. The van der Waals surface area contributed by atoms with Gasteiger partial charge in [0.1, 0.15) is 0 Å².